The second-order valence-corrected chi connectivity index (χ2v) is 8.52. The van der Waals surface area contributed by atoms with E-state index in [1.54, 1.807) is 24.0 Å². The van der Waals surface area contributed by atoms with Crippen LogP contribution in [-0.4, -0.2) is 84.8 Å². The van der Waals surface area contributed by atoms with Gasteiger partial charge in [0.25, 0.3) is 0 Å². The predicted molar refractivity (Wildman–Crippen MR) is 109 cm³/mol. The molecule has 2 rings (SSSR count). The van der Waals surface area contributed by atoms with Gasteiger partial charge in [0.15, 0.2) is 0 Å². The summed E-state index contributed by atoms with van der Waals surface area (Å²) in [5.74, 6) is 1.32. The zero-order valence-corrected chi connectivity index (χ0v) is 17.9. The topological polar surface area (TPSA) is 99.5 Å². The zero-order valence-electron chi connectivity index (χ0n) is 17.9. The fraction of sp³-hybridized carbons (Fsp3) is 0.905. The van der Waals surface area contributed by atoms with Crippen LogP contribution in [0.25, 0.3) is 0 Å². The molecule has 2 saturated carbocycles. The highest BCUT2D eigenvalue weighted by molar-refractivity contribution is 5.65. The first-order valence-electron chi connectivity index (χ1n) is 10.9. The van der Waals surface area contributed by atoms with Crippen LogP contribution in [0.1, 0.15) is 57.8 Å². The van der Waals surface area contributed by atoms with E-state index in [1.165, 1.54) is 6.42 Å². The van der Waals surface area contributed by atoms with Gasteiger partial charge < -0.3 is 29.5 Å². The largest absolute Gasteiger partial charge is 0.465 e. The molecule has 8 heteroatoms. The minimum absolute atomic E-state index is 0.111. The third-order valence-corrected chi connectivity index (χ3v) is 6.74. The molecular weight excluding hydrogens is 376 g/mol. The van der Waals surface area contributed by atoms with Crippen LogP contribution in [-0.2, 0) is 9.47 Å². The minimum Gasteiger partial charge on any atom is -0.465 e. The number of hydrogen-bond acceptors (Lipinski definition) is 4. The van der Waals surface area contributed by atoms with E-state index < -0.39 is 12.2 Å². The summed E-state index contributed by atoms with van der Waals surface area (Å²) in [6.45, 7) is 1.75. The van der Waals surface area contributed by atoms with Gasteiger partial charge in [-0.2, -0.15) is 0 Å². The Labute approximate surface area is 174 Å². The molecule has 0 atom stereocenters. The maximum absolute atomic E-state index is 11.5. The first-order chi connectivity index (χ1) is 14.0. The van der Waals surface area contributed by atoms with E-state index in [9.17, 15) is 19.8 Å². The first-order valence-corrected chi connectivity index (χ1v) is 10.9. The van der Waals surface area contributed by atoms with Crippen molar-refractivity contribution in [1.82, 2.24) is 9.80 Å². The maximum Gasteiger partial charge on any atom is 0.407 e. The first kappa shape index (κ1) is 23.7. The van der Waals surface area contributed by atoms with Crippen molar-refractivity contribution in [3.05, 3.63) is 0 Å². The molecule has 0 heterocycles. The summed E-state index contributed by atoms with van der Waals surface area (Å²) >= 11 is 0. The Balaban J connectivity index is 1.73. The average Bonchev–Trinajstić information content (AvgIpc) is 2.70. The molecule has 29 heavy (non-hydrogen) atoms. The molecule has 0 bridgehead atoms. The lowest BCUT2D eigenvalue weighted by Gasteiger charge is -2.39. The molecule has 168 valence electrons. The van der Waals surface area contributed by atoms with Crippen molar-refractivity contribution in [3.63, 3.8) is 0 Å². The molecule has 0 saturated heterocycles. The summed E-state index contributed by atoms with van der Waals surface area (Å²) in [6, 6.07) is 0.221. The van der Waals surface area contributed by atoms with Gasteiger partial charge in [-0.05, 0) is 69.6 Å². The highest BCUT2D eigenvalue weighted by Gasteiger charge is 2.32. The quantitative estimate of drug-likeness (QED) is 0.565. The lowest BCUT2D eigenvalue weighted by Crippen LogP contribution is -2.44. The SMILES string of the molecule is COCCN(C(=O)O)C1CCC(CC2CCC(N(CCOC)C(=O)O)CC2)CC1. The third-order valence-electron chi connectivity index (χ3n) is 6.74. The highest BCUT2D eigenvalue weighted by atomic mass is 16.5. The van der Waals surface area contributed by atoms with Crippen molar-refractivity contribution in [2.75, 3.05) is 40.5 Å². The van der Waals surface area contributed by atoms with E-state index in [4.69, 9.17) is 9.47 Å². The Morgan fingerprint density at radius 3 is 1.34 bits per heavy atom. The van der Waals surface area contributed by atoms with Gasteiger partial charge in [0.1, 0.15) is 0 Å². The summed E-state index contributed by atoms with van der Waals surface area (Å²) in [6.07, 6.45) is 7.54. The fourth-order valence-electron chi connectivity index (χ4n) is 5.10. The molecular formula is C21H38N2O6. The molecule has 0 aromatic heterocycles. The molecule has 2 fully saturated rings. The number of hydrogen-bond donors (Lipinski definition) is 2. The number of methoxy groups -OCH3 is 2. The minimum atomic E-state index is -0.847. The normalized spacial score (nSPS) is 27.4. The van der Waals surface area contributed by atoms with Gasteiger partial charge in [0, 0.05) is 39.4 Å². The summed E-state index contributed by atoms with van der Waals surface area (Å²) in [5.41, 5.74) is 0. The molecule has 2 N–H and O–H groups in total. The number of rotatable bonds is 10. The number of ether oxygens (including phenoxy) is 2. The lowest BCUT2D eigenvalue weighted by atomic mass is 9.75. The van der Waals surface area contributed by atoms with Crippen LogP contribution in [0.15, 0.2) is 0 Å². The molecule has 0 radical (unpaired) electrons. The number of nitrogens with zero attached hydrogens (tertiary/aromatic N) is 2. The van der Waals surface area contributed by atoms with E-state index in [1.807, 2.05) is 0 Å². The Morgan fingerprint density at radius 1 is 0.724 bits per heavy atom. The average molecular weight is 415 g/mol. The zero-order chi connectivity index (χ0) is 21.2. The van der Waals surface area contributed by atoms with Crippen LogP contribution in [0.2, 0.25) is 0 Å². The summed E-state index contributed by atoms with van der Waals surface area (Å²) in [4.78, 5) is 26.1. The molecule has 2 amide bonds. The van der Waals surface area contributed by atoms with Crippen molar-refractivity contribution >= 4 is 12.2 Å². The highest BCUT2D eigenvalue weighted by Crippen LogP contribution is 2.37. The van der Waals surface area contributed by atoms with E-state index in [0.29, 0.717) is 38.1 Å². The molecule has 0 unspecified atom stereocenters. The Kier molecular flexibility index (Phi) is 10.0. The van der Waals surface area contributed by atoms with E-state index in [-0.39, 0.29) is 12.1 Å². The van der Waals surface area contributed by atoms with E-state index >= 15 is 0 Å². The van der Waals surface area contributed by atoms with Gasteiger partial charge >= 0.3 is 12.2 Å². The fourth-order valence-corrected chi connectivity index (χ4v) is 5.10. The van der Waals surface area contributed by atoms with E-state index in [2.05, 4.69) is 0 Å². The van der Waals surface area contributed by atoms with Crippen LogP contribution in [0.4, 0.5) is 9.59 Å². The lowest BCUT2D eigenvalue weighted by molar-refractivity contribution is 0.0704. The van der Waals surface area contributed by atoms with Gasteiger partial charge in [-0.15, -0.1) is 0 Å². The molecule has 8 nitrogen and oxygen atoms in total. The van der Waals surface area contributed by atoms with Gasteiger partial charge in [-0.25, -0.2) is 9.59 Å². The summed E-state index contributed by atoms with van der Waals surface area (Å²) < 4.78 is 10.1. The maximum atomic E-state index is 11.5. The van der Waals surface area contributed by atoms with Gasteiger partial charge in [0.2, 0.25) is 0 Å². The van der Waals surface area contributed by atoms with Crippen molar-refractivity contribution in [2.45, 2.75) is 69.9 Å². The standard InChI is InChI=1S/C21H38N2O6/c1-28-13-11-22(20(24)25)18-7-3-16(4-8-18)15-17-5-9-19(10-6-17)23(21(26)27)12-14-29-2/h16-19H,3-15H2,1-2H3,(H,24,25)(H,26,27). The van der Waals surface area contributed by atoms with Crippen molar-refractivity contribution in [1.29, 1.82) is 0 Å². The van der Waals surface area contributed by atoms with Crippen LogP contribution >= 0.6 is 0 Å². The van der Waals surface area contributed by atoms with Crippen LogP contribution < -0.4 is 0 Å². The molecule has 2 aliphatic rings. The molecule has 0 aromatic carbocycles. The monoisotopic (exact) mass is 414 g/mol. The third kappa shape index (κ3) is 7.33. The van der Waals surface area contributed by atoms with Crippen molar-refractivity contribution in [3.8, 4) is 0 Å². The summed E-state index contributed by atoms with van der Waals surface area (Å²) in [7, 11) is 3.19. The van der Waals surface area contributed by atoms with Crippen molar-refractivity contribution in [2.24, 2.45) is 11.8 Å². The number of amides is 2. The molecule has 0 aromatic rings. The van der Waals surface area contributed by atoms with Gasteiger partial charge in [-0.3, -0.25) is 0 Å². The van der Waals surface area contributed by atoms with E-state index in [0.717, 1.165) is 51.4 Å². The van der Waals surface area contributed by atoms with Gasteiger partial charge in [0.05, 0.1) is 13.2 Å². The smallest absolute Gasteiger partial charge is 0.407 e. The Hall–Kier alpha value is -1.54. The van der Waals surface area contributed by atoms with Crippen LogP contribution in [0, 0.1) is 11.8 Å². The second kappa shape index (κ2) is 12.2. The van der Waals surface area contributed by atoms with Gasteiger partial charge in [-0.1, -0.05) is 0 Å². The number of carboxylic acid groups (broad SMARTS) is 2. The Bertz CT molecular complexity index is 457. The van der Waals surface area contributed by atoms with Crippen molar-refractivity contribution < 1.29 is 29.3 Å². The number of carbonyl (C=O) groups is 2. The Morgan fingerprint density at radius 2 is 1.07 bits per heavy atom. The second-order valence-electron chi connectivity index (χ2n) is 8.52. The van der Waals surface area contributed by atoms with Crippen LogP contribution in [0.3, 0.4) is 0 Å². The molecule has 0 aliphatic heterocycles. The summed E-state index contributed by atoms with van der Waals surface area (Å²) in [5, 5.41) is 18.9. The predicted octanol–water partition coefficient (Wildman–Crippen LogP) is 3.75. The molecule has 2 aliphatic carbocycles. The van der Waals surface area contributed by atoms with Crippen LogP contribution in [0.5, 0.6) is 0 Å². The molecule has 0 spiro atoms.